The topological polar surface area (TPSA) is 45.1 Å². The van der Waals surface area contributed by atoms with Crippen LogP contribution >= 0.6 is 11.8 Å². The van der Waals surface area contributed by atoms with Gasteiger partial charge in [-0.2, -0.15) is 4.99 Å². The molecular weight excluding hydrogens is 394 g/mol. The molecule has 156 valence electrons. The molecule has 0 aliphatic carbocycles. The molecule has 1 saturated heterocycles. The number of carbonyl (C=O) groups excluding carboxylic acids is 1. The number of aliphatic imine (C=N–C) groups is 1. The highest BCUT2D eigenvalue weighted by atomic mass is 32.2. The van der Waals surface area contributed by atoms with Crippen molar-refractivity contribution in [2.24, 2.45) is 4.99 Å². The van der Waals surface area contributed by atoms with Gasteiger partial charge >= 0.3 is 0 Å². The number of nitrogens with zero attached hydrogens (tertiary/aromatic N) is 3. The molecular formula is C24H27N3O2S. The Morgan fingerprint density at radius 3 is 2.47 bits per heavy atom. The normalized spacial score (nSPS) is 18.1. The van der Waals surface area contributed by atoms with Gasteiger partial charge in [-0.25, -0.2) is 0 Å². The molecule has 30 heavy (non-hydrogen) atoms. The first-order valence-corrected chi connectivity index (χ1v) is 11.3. The van der Waals surface area contributed by atoms with E-state index in [9.17, 15) is 4.79 Å². The van der Waals surface area contributed by atoms with E-state index < -0.39 is 0 Å². The Labute approximate surface area is 182 Å². The Balaban J connectivity index is 1.40. The van der Waals surface area contributed by atoms with Gasteiger partial charge in [-0.1, -0.05) is 42.8 Å². The van der Waals surface area contributed by atoms with E-state index in [1.165, 1.54) is 23.0 Å². The van der Waals surface area contributed by atoms with Crippen LogP contribution in [0, 0.1) is 6.92 Å². The zero-order valence-electron chi connectivity index (χ0n) is 17.5. The van der Waals surface area contributed by atoms with Crippen molar-refractivity contribution in [2.45, 2.75) is 20.3 Å². The predicted octanol–water partition coefficient (Wildman–Crippen LogP) is 4.58. The maximum atomic E-state index is 12.5. The summed E-state index contributed by atoms with van der Waals surface area (Å²) in [5.41, 5.74) is 3.44. The summed E-state index contributed by atoms with van der Waals surface area (Å²) in [5, 5.41) is 0.807. The van der Waals surface area contributed by atoms with Crippen molar-refractivity contribution in [1.29, 1.82) is 0 Å². The second kappa shape index (κ2) is 9.39. The van der Waals surface area contributed by atoms with Crippen LogP contribution in [0.4, 0.5) is 5.69 Å². The quantitative estimate of drug-likeness (QED) is 0.662. The van der Waals surface area contributed by atoms with Crippen molar-refractivity contribution < 1.29 is 9.53 Å². The van der Waals surface area contributed by atoms with Crippen LogP contribution in [0.25, 0.3) is 6.08 Å². The standard InChI is InChI=1S/C24H27N3O2S/c1-3-16-29-21-7-5-4-6-19(21)17-22-23(28)25-24(30-22)27-14-12-26(13-15-27)20-10-8-18(2)9-11-20/h4-11,17H,3,12-16H2,1-2H3. The number of benzene rings is 2. The van der Waals surface area contributed by atoms with Crippen molar-refractivity contribution >= 4 is 34.6 Å². The Kier molecular flexibility index (Phi) is 6.43. The van der Waals surface area contributed by atoms with Crippen LogP contribution in [-0.4, -0.2) is 48.8 Å². The largest absolute Gasteiger partial charge is 0.493 e. The van der Waals surface area contributed by atoms with Crippen LogP contribution in [0.3, 0.4) is 0 Å². The fourth-order valence-corrected chi connectivity index (χ4v) is 4.49. The molecule has 0 aromatic heterocycles. The van der Waals surface area contributed by atoms with E-state index in [1.54, 1.807) is 0 Å². The smallest absolute Gasteiger partial charge is 0.286 e. The lowest BCUT2D eigenvalue weighted by molar-refractivity contribution is -0.113. The summed E-state index contributed by atoms with van der Waals surface area (Å²) in [6.45, 7) is 8.40. The van der Waals surface area contributed by atoms with Gasteiger partial charge in [-0.05, 0) is 49.4 Å². The number of hydrogen-bond acceptors (Lipinski definition) is 5. The summed E-state index contributed by atoms with van der Waals surface area (Å²) in [4.78, 5) is 22.1. The van der Waals surface area contributed by atoms with Crippen LogP contribution in [0.1, 0.15) is 24.5 Å². The third-order valence-electron chi connectivity index (χ3n) is 5.23. The van der Waals surface area contributed by atoms with E-state index in [0.717, 1.165) is 49.1 Å². The van der Waals surface area contributed by atoms with E-state index in [2.05, 4.69) is 52.9 Å². The SMILES string of the molecule is CCCOc1ccccc1C=C1SC(N2CCN(c3ccc(C)cc3)CC2)=NC1=O. The highest BCUT2D eigenvalue weighted by molar-refractivity contribution is 8.18. The number of hydrogen-bond donors (Lipinski definition) is 0. The van der Waals surface area contributed by atoms with Gasteiger partial charge in [0.15, 0.2) is 5.17 Å². The van der Waals surface area contributed by atoms with Crippen molar-refractivity contribution in [3.05, 3.63) is 64.6 Å². The molecule has 2 aliphatic heterocycles. The molecule has 1 fully saturated rings. The van der Waals surface area contributed by atoms with E-state index >= 15 is 0 Å². The maximum Gasteiger partial charge on any atom is 0.286 e. The summed E-state index contributed by atoms with van der Waals surface area (Å²) in [7, 11) is 0. The number of anilines is 1. The average molecular weight is 422 g/mol. The molecule has 6 heteroatoms. The number of para-hydroxylation sites is 1. The Hall–Kier alpha value is -2.73. The summed E-state index contributed by atoms with van der Waals surface area (Å²) < 4.78 is 5.82. The first-order valence-electron chi connectivity index (χ1n) is 10.4. The number of ether oxygens (including phenoxy) is 1. The lowest BCUT2D eigenvalue weighted by Gasteiger charge is -2.36. The van der Waals surface area contributed by atoms with E-state index in [1.807, 2.05) is 30.3 Å². The van der Waals surface area contributed by atoms with Crippen molar-refractivity contribution in [1.82, 2.24) is 4.90 Å². The minimum Gasteiger partial charge on any atom is -0.493 e. The minimum absolute atomic E-state index is 0.166. The molecule has 2 aliphatic rings. The van der Waals surface area contributed by atoms with Gasteiger partial charge in [-0.15, -0.1) is 0 Å². The number of amides is 1. The van der Waals surface area contributed by atoms with E-state index in [0.29, 0.717) is 11.5 Å². The maximum absolute atomic E-state index is 12.5. The highest BCUT2D eigenvalue weighted by Crippen LogP contribution is 2.33. The fraction of sp³-hybridized carbons (Fsp3) is 0.333. The summed E-state index contributed by atoms with van der Waals surface area (Å²) in [5.74, 6) is 0.640. The molecule has 0 spiro atoms. The first kappa shape index (κ1) is 20.5. The number of amidine groups is 1. The number of carbonyl (C=O) groups is 1. The monoisotopic (exact) mass is 421 g/mol. The van der Waals surface area contributed by atoms with Gasteiger partial charge in [0.2, 0.25) is 0 Å². The van der Waals surface area contributed by atoms with Crippen LogP contribution in [0.15, 0.2) is 58.4 Å². The summed E-state index contributed by atoms with van der Waals surface area (Å²) >= 11 is 1.47. The van der Waals surface area contributed by atoms with E-state index in [4.69, 9.17) is 4.74 Å². The van der Waals surface area contributed by atoms with Crippen molar-refractivity contribution in [3.63, 3.8) is 0 Å². The molecule has 0 unspecified atom stereocenters. The van der Waals surface area contributed by atoms with Crippen LogP contribution < -0.4 is 9.64 Å². The lowest BCUT2D eigenvalue weighted by Crippen LogP contribution is -2.47. The van der Waals surface area contributed by atoms with Crippen molar-refractivity contribution in [2.75, 3.05) is 37.7 Å². The Morgan fingerprint density at radius 1 is 1.03 bits per heavy atom. The molecule has 0 radical (unpaired) electrons. The van der Waals surface area contributed by atoms with Gasteiger partial charge in [0.25, 0.3) is 5.91 Å². The lowest BCUT2D eigenvalue weighted by atomic mass is 10.2. The van der Waals surface area contributed by atoms with Gasteiger partial charge in [0.05, 0.1) is 11.5 Å². The van der Waals surface area contributed by atoms with Gasteiger partial charge in [0, 0.05) is 37.4 Å². The van der Waals surface area contributed by atoms with Crippen LogP contribution in [-0.2, 0) is 4.79 Å². The third kappa shape index (κ3) is 4.70. The van der Waals surface area contributed by atoms with Gasteiger partial charge in [0.1, 0.15) is 5.75 Å². The Morgan fingerprint density at radius 2 is 1.73 bits per heavy atom. The predicted molar refractivity (Wildman–Crippen MR) is 125 cm³/mol. The minimum atomic E-state index is -0.166. The summed E-state index contributed by atoms with van der Waals surface area (Å²) in [6.07, 6.45) is 2.84. The number of thioether (sulfide) groups is 1. The molecule has 0 N–H and O–H groups in total. The zero-order valence-corrected chi connectivity index (χ0v) is 18.3. The molecule has 2 heterocycles. The highest BCUT2D eigenvalue weighted by Gasteiger charge is 2.28. The van der Waals surface area contributed by atoms with Gasteiger partial charge in [-0.3, -0.25) is 4.79 Å². The molecule has 0 saturated carbocycles. The third-order valence-corrected chi connectivity index (χ3v) is 6.27. The first-order chi connectivity index (χ1) is 14.6. The second-order valence-electron chi connectivity index (χ2n) is 7.51. The van der Waals surface area contributed by atoms with E-state index in [-0.39, 0.29) is 5.91 Å². The van der Waals surface area contributed by atoms with Crippen molar-refractivity contribution in [3.8, 4) is 5.75 Å². The van der Waals surface area contributed by atoms with Gasteiger partial charge < -0.3 is 14.5 Å². The Bertz CT molecular complexity index is 961. The molecule has 0 atom stereocenters. The molecule has 2 aromatic rings. The fourth-order valence-electron chi connectivity index (χ4n) is 3.53. The average Bonchev–Trinajstić information content (AvgIpc) is 3.14. The molecule has 2 aromatic carbocycles. The van der Waals surface area contributed by atoms with Crippen LogP contribution in [0.5, 0.6) is 5.75 Å². The molecule has 1 amide bonds. The molecule has 4 rings (SSSR count). The molecule has 0 bridgehead atoms. The summed E-state index contributed by atoms with van der Waals surface area (Å²) in [6, 6.07) is 16.5. The molecule has 5 nitrogen and oxygen atoms in total. The number of aryl methyl sites for hydroxylation is 1. The van der Waals surface area contributed by atoms with Crippen LogP contribution in [0.2, 0.25) is 0 Å². The second-order valence-corrected chi connectivity index (χ2v) is 8.52. The zero-order chi connectivity index (χ0) is 20.9. The number of rotatable bonds is 5. The number of piperazine rings is 1.